The van der Waals surface area contributed by atoms with Gasteiger partial charge in [-0.15, -0.1) is 0 Å². The van der Waals surface area contributed by atoms with Crippen LogP contribution in [-0.2, 0) is 20.9 Å². The topological polar surface area (TPSA) is 74.5 Å². The second-order valence-corrected chi connectivity index (χ2v) is 2.29. The van der Waals surface area contributed by atoms with Gasteiger partial charge in [0.2, 0.25) is 0 Å². The van der Waals surface area contributed by atoms with Crippen molar-refractivity contribution in [3.8, 4) is 0 Å². The molecule has 0 atom stereocenters. The van der Waals surface area contributed by atoms with Gasteiger partial charge in [0.05, 0.1) is 19.4 Å². The SMILES string of the molecule is CC(=O)OCCOCc1cnon1. The van der Waals surface area contributed by atoms with Crippen LogP contribution in [0.1, 0.15) is 12.6 Å². The molecule has 0 saturated carbocycles. The molecule has 0 aliphatic rings. The molecule has 0 amide bonds. The van der Waals surface area contributed by atoms with E-state index in [1.165, 1.54) is 13.1 Å². The lowest BCUT2D eigenvalue weighted by Crippen LogP contribution is -2.07. The van der Waals surface area contributed by atoms with Gasteiger partial charge in [-0.2, -0.15) is 0 Å². The minimum atomic E-state index is -0.313. The molecule has 13 heavy (non-hydrogen) atoms. The second kappa shape index (κ2) is 5.26. The van der Waals surface area contributed by atoms with Crippen LogP contribution in [0.4, 0.5) is 0 Å². The van der Waals surface area contributed by atoms with Gasteiger partial charge in [-0.1, -0.05) is 10.3 Å². The highest BCUT2D eigenvalue weighted by Crippen LogP contribution is 1.93. The number of carbonyl (C=O) groups excluding carboxylic acids is 1. The normalized spacial score (nSPS) is 9.92. The van der Waals surface area contributed by atoms with Gasteiger partial charge in [0, 0.05) is 6.92 Å². The Morgan fingerprint density at radius 1 is 1.62 bits per heavy atom. The third-order valence-corrected chi connectivity index (χ3v) is 1.19. The Morgan fingerprint density at radius 2 is 2.46 bits per heavy atom. The van der Waals surface area contributed by atoms with Crippen molar-refractivity contribution in [2.75, 3.05) is 13.2 Å². The molecule has 0 aliphatic carbocycles. The molecule has 1 heterocycles. The van der Waals surface area contributed by atoms with Crippen molar-refractivity contribution < 1.29 is 18.9 Å². The summed E-state index contributed by atoms with van der Waals surface area (Å²) < 4.78 is 14.1. The highest BCUT2D eigenvalue weighted by atomic mass is 16.6. The monoisotopic (exact) mass is 186 g/mol. The fourth-order valence-electron chi connectivity index (χ4n) is 0.669. The molecule has 0 bridgehead atoms. The zero-order valence-corrected chi connectivity index (χ0v) is 7.23. The van der Waals surface area contributed by atoms with E-state index < -0.39 is 0 Å². The molecular weight excluding hydrogens is 176 g/mol. The summed E-state index contributed by atoms with van der Waals surface area (Å²) in [5.41, 5.74) is 0.614. The largest absolute Gasteiger partial charge is 0.463 e. The molecule has 1 rings (SSSR count). The summed E-state index contributed by atoms with van der Waals surface area (Å²) >= 11 is 0. The van der Waals surface area contributed by atoms with E-state index in [1.807, 2.05) is 0 Å². The highest BCUT2D eigenvalue weighted by Gasteiger charge is 1.97. The molecule has 0 aliphatic heterocycles. The van der Waals surface area contributed by atoms with E-state index in [0.29, 0.717) is 18.9 Å². The van der Waals surface area contributed by atoms with Gasteiger partial charge in [0.1, 0.15) is 12.3 Å². The first kappa shape index (κ1) is 9.66. The fraction of sp³-hybridized carbons (Fsp3) is 0.571. The average Bonchev–Trinajstić information content (AvgIpc) is 2.55. The predicted molar refractivity (Wildman–Crippen MR) is 40.6 cm³/mol. The van der Waals surface area contributed by atoms with Crippen molar-refractivity contribution in [1.82, 2.24) is 10.3 Å². The molecular formula is C7H10N2O4. The van der Waals surface area contributed by atoms with Gasteiger partial charge >= 0.3 is 5.97 Å². The lowest BCUT2D eigenvalue weighted by molar-refractivity contribution is -0.142. The van der Waals surface area contributed by atoms with Gasteiger partial charge in [0.15, 0.2) is 0 Å². The molecule has 6 heteroatoms. The summed E-state index contributed by atoms with van der Waals surface area (Å²) in [6, 6.07) is 0. The summed E-state index contributed by atoms with van der Waals surface area (Å²) in [6.45, 7) is 2.25. The highest BCUT2D eigenvalue weighted by molar-refractivity contribution is 5.65. The van der Waals surface area contributed by atoms with E-state index in [0.717, 1.165) is 0 Å². The third-order valence-electron chi connectivity index (χ3n) is 1.19. The predicted octanol–water partition coefficient (Wildman–Crippen LogP) is 0.149. The summed E-state index contributed by atoms with van der Waals surface area (Å²) in [5.74, 6) is -0.313. The minimum Gasteiger partial charge on any atom is -0.463 e. The van der Waals surface area contributed by atoms with Crippen molar-refractivity contribution in [3.05, 3.63) is 11.9 Å². The second-order valence-electron chi connectivity index (χ2n) is 2.29. The summed E-state index contributed by atoms with van der Waals surface area (Å²) in [7, 11) is 0. The van der Waals surface area contributed by atoms with E-state index in [1.54, 1.807) is 0 Å². The third kappa shape index (κ3) is 4.22. The van der Waals surface area contributed by atoms with Crippen LogP contribution in [0.15, 0.2) is 10.8 Å². The van der Waals surface area contributed by atoms with Gasteiger partial charge in [-0.05, 0) is 0 Å². The van der Waals surface area contributed by atoms with Gasteiger partial charge < -0.3 is 9.47 Å². The Kier molecular flexibility index (Phi) is 3.90. The molecule has 0 spiro atoms. The molecule has 0 N–H and O–H groups in total. The van der Waals surface area contributed by atoms with Crippen LogP contribution in [-0.4, -0.2) is 29.5 Å². The Bertz CT molecular complexity index is 247. The number of esters is 1. The molecule has 6 nitrogen and oxygen atoms in total. The van der Waals surface area contributed by atoms with Crippen molar-refractivity contribution in [1.29, 1.82) is 0 Å². The fourth-order valence-corrected chi connectivity index (χ4v) is 0.669. The lowest BCUT2D eigenvalue weighted by atomic mass is 10.5. The van der Waals surface area contributed by atoms with Crippen LogP contribution in [0.2, 0.25) is 0 Å². The lowest BCUT2D eigenvalue weighted by Gasteiger charge is -2.01. The van der Waals surface area contributed by atoms with Crippen LogP contribution in [0.3, 0.4) is 0 Å². The van der Waals surface area contributed by atoms with Crippen LogP contribution >= 0.6 is 0 Å². The number of nitrogens with zero attached hydrogens (tertiary/aromatic N) is 2. The molecule has 0 fully saturated rings. The minimum absolute atomic E-state index is 0.251. The van der Waals surface area contributed by atoms with Crippen LogP contribution in [0.25, 0.3) is 0 Å². The number of hydrogen-bond acceptors (Lipinski definition) is 6. The smallest absolute Gasteiger partial charge is 0.302 e. The van der Waals surface area contributed by atoms with E-state index in [9.17, 15) is 4.79 Å². The van der Waals surface area contributed by atoms with E-state index in [-0.39, 0.29) is 12.6 Å². The number of hydrogen-bond donors (Lipinski definition) is 0. The number of ether oxygens (including phenoxy) is 2. The first-order valence-electron chi connectivity index (χ1n) is 3.76. The molecule has 72 valence electrons. The number of aromatic nitrogens is 2. The Labute approximate surface area is 74.8 Å². The Hall–Kier alpha value is -1.43. The van der Waals surface area contributed by atoms with E-state index in [4.69, 9.17) is 4.74 Å². The van der Waals surface area contributed by atoms with Crippen molar-refractivity contribution in [3.63, 3.8) is 0 Å². The zero-order chi connectivity index (χ0) is 9.52. The first-order chi connectivity index (χ1) is 6.29. The standard InChI is InChI=1S/C7H10N2O4/c1-6(10)12-3-2-11-5-7-4-8-13-9-7/h4H,2-3,5H2,1H3. The molecule has 0 unspecified atom stereocenters. The molecule has 1 aromatic rings. The van der Waals surface area contributed by atoms with E-state index in [2.05, 4.69) is 19.7 Å². The maximum atomic E-state index is 10.3. The summed E-state index contributed by atoms with van der Waals surface area (Å²) in [4.78, 5) is 10.3. The van der Waals surface area contributed by atoms with Gasteiger partial charge in [-0.3, -0.25) is 4.79 Å². The molecule has 0 aromatic carbocycles. The Morgan fingerprint density at radius 3 is 3.08 bits per heavy atom. The molecule has 0 saturated heterocycles. The van der Waals surface area contributed by atoms with Gasteiger partial charge in [-0.25, -0.2) is 4.63 Å². The van der Waals surface area contributed by atoms with Crippen LogP contribution in [0.5, 0.6) is 0 Å². The van der Waals surface area contributed by atoms with Gasteiger partial charge in [0.25, 0.3) is 0 Å². The molecule has 0 radical (unpaired) electrons. The molecule has 1 aromatic heterocycles. The maximum Gasteiger partial charge on any atom is 0.302 e. The summed E-state index contributed by atoms with van der Waals surface area (Å²) in [5, 5.41) is 6.93. The maximum absolute atomic E-state index is 10.3. The Balaban J connectivity index is 1.99. The van der Waals surface area contributed by atoms with Crippen LogP contribution < -0.4 is 0 Å². The van der Waals surface area contributed by atoms with Crippen molar-refractivity contribution in [2.45, 2.75) is 13.5 Å². The quantitative estimate of drug-likeness (QED) is 0.481. The number of rotatable bonds is 5. The first-order valence-corrected chi connectivity index (χ1v) is 3.76. The van der Waals surface area contributed by atoms with E-state index >= 15 is 0 Å². The van der Waals surface area contributed by atoms with Crippen molar-refractivity contribution in [2.24, 2.45) is 0 Å². The van der Waals surface area contributed by atoms with Crippen LogP contribution in [0, 0.1) is 0 Å². The van der Waals surface area contributed by atoms with Crippen molar-refractivity contribution >= 4 is 5.97 Å². The number of carbonyl (C=O) groups is 1. The zero-order valence-electron chi connectivity index (χ0n) is 7.23. The summed E-state index contributed by atoms with van der Waals surface area (Å²) in [6.07, 6.45) is 1.46. The average molecular weight is 186 g/mol.